The van der Waals surface area contributed by atoms with Gasteiger partial charge in [0.05, 0.1) is 0 Å². The normalized spacial score (nSPS) is 26.3. The molecule has 1 aliphatic carbocycles. The third kappa shape index (κ3) is 1.92. The lowest BCUT2D eigenvalue weighted by Gasteiger charge is -2.37. The van der Waals surface area contributed by atoms with Crippen molar-refractivity contribution in [3.05, 3.63) is 47.0 Å². The highest BCUT2D eigenvalue weighted by atomic mass is 16.7. The second kappa shape index (κ2) is 5.07. The van der Waals surface area contributed by atoms with Crippen LogP contribution in [0.25, 0.3) is 0 Å². The maximum absolute atomic E-state index is 5.85. The molecule has 0 radical (unpaired) electrons. The van der Waals surface area contributed by atoms with Crippen LogP contribution in [0.3, 0.4) is 0 Å². The lowest BCUT2D eigenvalue weighted by atomic mass is 9.67. The van der Waals surface area contributed by atoms with Crippen molar-refractivity contribution in [3.63, 3.8) is 0 Å². The number of rotatable bonds is 1. The highest BCUT2D eigenvalue weighted by Crippen LogP contribution is 2.52. The maximum atomic E-state index is 5.85. The number of fused-ring (bicyclic) bond motifs is 4. The number of ether oxygens (including phenoxy) is 4. The lowest BCUT2D eigenvalue weighted by molar-refractivity contribution is 0.171. The van der Waals surface area contributed by atoms with Crippen molar-refractivity contribution in [1.82, 2.24) is 0 Å². The Morgan fingerprint density at radius 3 is 2.50 bits per heavy atom. The van der Waals surface area contributed by atoms with Gasteiger partial charge in [-0.15, -0.1) is 0 Å². The fraction of sp³-hybridized carbons (Fsp3) is 0.400. The molecule has 0 bridgehead atoms. The summed E-state index contributed by atoms with van der Waals surface area (Å²) in [4.78, 5) is 0. The van der Waals surface area contributed by atoms with E-state index in [4.69, 9.17) is 18.9 Å². The van der Waals surface area contributed by atoms with Crippen LogP contribution in [0, 0.1) is 11.8 Å². The van der Waals surface area contributed by atoms with Gasteiger partial charge in [0.15, 0.2) is 23.0 Å². The molecule has 5 rings (SSSR count). The molecule has 3 aliphatic rings. The van der Waals surface area contributed by atoms with Crippen LogP contribution in [0.15, 0.2) is 30.3 Å². The molecule has 0 fully saturated rings. The van der Waals surface area contributed by atoms with Crippen LogP contribution in [0.2, 0.25) is 0 Å². The van der Waals surface area contributed by atoms with E-state index in [2.05, 4.69) is 32.0 Å². The van der Waals surface area contributed by atoms with E-state index in [1.165, 1.54) is 16.7 Å². The zero-order valence-electron chi connectivity index (χ0n) is 13.9. The first-order valence-corrected chi connectivity index (χ1v) is 8.53. The van der Waals surface area contributed by atoms with E-state index in [1.807, 2.05) is 12.1 Å². The van der Waals surface area contributed by atoms with Crippen molar-refractivity contribution in [2.45, 2.75) is 26.2 Å². The Bertz CT molecular complexity index is 814. The van der Waals surface area contributed by atoms with Crippen molar-refractivity contribution in [2.24, 2.45) is 11.8 Å². The second-order valence-electron chi connectivity index (χ2n) is 7.00. The molecule has 24 heavy (non-hydrogen) atoms. The molecule has 124 valence electrons. The highest BCUT2D eigenvalue weighted by Gasteiger charge is 2.37. The molecular weight excluding hydrogens is 304 g/mol. The van der Waals surface area contributed by atoms with E-state index < -0.39 is 0 Å². The van der Waals surface area contributed by atoms with Gasteiger partial charge in [0.25, 0.3) is 0 Å². The summed E-state index contributed by atoms with van der Waals surface area (Å²) in [7, 11) is 0. The minimum absolute atomic E-state index is 0.273. The zero-order chi connectivity index (χ0) is 16.3. The van der Waals surface area contributed by atoms with Crippen LogP contribution in [-0.4, -0.2) is 13.6 Å². The summed E-state index contributed by atoms with van der Waals surface area (Å²) in [6.07, 6.45) is 1.08. The van der Waals surface area contributed by atoms with Crippen molar-refractivity contribution in [1.29, 1.82) is 0 Å². The Hall–Kier alpha value is -2.36. The molecule has 0 saturated carbocycles. The fourth-order valence-electron chi connectivity index (χ4n) is 4.25. The van der Waals surface area contributed by atoms with Crippen LogP contribution in [0.1, 0.15) is 36.5 Å². The topological polar surface area (TPSA) is 36.9 Å². The van der Waals surface area contributed by atoms with Crippen LogP contribution >= 0.6 is 0 Å². The summed E-state index contributed by atoms with van der Waals surface area (Å²) in [6.45, 7) is 5.28. The summed E-state index contributed by atoms with van der Waals surface area (Å²) in [5, 5.41) is 0. The van der Waals surface area contributed by atoms with Crippen LogP contribution in [0.5, 0.6) is 23.0 Å². The van der Waals surface area contributed by atoms with Gasteiger partial charge in [0.2, 0.25) is 13.6 Å². The molecule has 4 nitrogen and oxygen atoms in total. The molecule has 0 N–H and O–H groups in total. The molecule has 2 heterocycles. The Morgan fingerprint density at radius 2 is 1.58 bits per heavy atom. The minimum Gasteiger partial charge on any atom is -0.454 e. The van der Waals surface area contributed by atoms with E-state index >= 15 is 0 Å². The smallest absolute Gasteiger partial charge is 0.231 e. The molecule has 2 aliphatic heterocycles. The van der Waals surface area contributed by atoms with Crippen molar-refractivity contribution < 1.29 is 18.9 Å². The minimum atomic E-state index is 0.273. The first-order chi connectivity index (χ1) is 11.7. The van der Waals surface area contributed by atoms with Gasteiger partial charge in [0, 0.05) is 11.5 Å². The van der Waals surface area contributed by atoms with E-state index in [1.54, 1.807) is 0 Å². The lowest BCUT2D eigenvalue weighted by Crippen LogP contribution is -2.27. The van der Waals surface area contributed by atoms with Gasteiger partial charge in [-0.3, -0.25) is 0 Å². The second-order valence-corrected chi connectivity index (χ2v) is 7.00. The Kier molecular flexibility index (Phi) is 2.96. The summed E-state index contributed by atoms with van der Waals surface area (Å²) < 4.78 is 22.5. The summed E-state index contributed by atoms with van der Waals surface area (Å²) >= 11 is 0. The average molecular weight is 324 g/mol. The van der Waals surface area contributed by atoms with Gasteiger partial charge in [-0.05, 0) is 47.6 Å². The molecule has 0 aromatic heterocycles. The SMILES string of the molecule is C[C@@H]1[C@@H](c2ccc3c(c2)OCO3)c2c(ccc3c2OCO3)C[C@@H]1C. The summed E-state index contributed by atoms with van der Waals surface area (Å²) in [5.74, 6) is 4.84. The van der Waals surface area contributed by atoms with Crippen molar-refractivity contribution in [2.75, 3.05) is 13.6 Å². The van der Waals surface area contributed by atoms with Crippen LogP contribution in [-0.2, 0) is 6.42 Å². The van der Waals surface area contributed by atoms with E-state index in [0.717, 1.165) is 29.4 Å². The predicted molar refractivity (Wildman–Crippen MR) is 89.0 cm³/mol. The molecule has 2 aromatic carbocycles. The quantitative estimate of drug-likeness (QED) is 0.791. The number of hydrogen-bond acceptors (Lipinski definition) is 4. The van der Waals surface area contributed by atoms with Gasteiger partial charge >= 0.3 is 0 Å². The first-order valence-electron chi connectivity index (χ1n) is 8.53. The Labute approximate surface area is 141 Å². The third-order valence-electron chi connectivity index (χ3n) is 5.70. The van der Waals surface area contributed by atoms with Crippen LogP contribution < -0.4 is 18.9 Å². The van der Waals surface area contributed by atoms with Crippen molar-refractivity contribution >= 4 is 0 Å². The van der Waals surface area contributed by atoms with Gasteiger partial charge in [0.1, 0.15) is 0 Å². The molecule has 0 saturated heterocycles. The van der Waals surface area contributed by atoms with Gasteiger partial charge in [-0.25, -0.2) is 0 Å². The Morgan fingerprint density at radius 1 is 0.833 bits per heavy atom. The Balaban J connectivity index is 1.69. The third-order valence-corrected chi connectivity index (χ3v) is 5.70. The molecule has 4 heteroatoms. The van der Waals surface area contributed by atoms with Gasteiger partial charge < -0.3 is 18.9 Å². The molecular formula is C20H20O4. The highest BCUT2D eigenvalue weighted by molar-refractivity contribution is 5.58. The number of benzene rings is 2. The molecule has 3 atom stereocenters. The molecule has 0 spiro atoms. The molecule has 0 amide bonds. The summed E-state index contributed by atoms with van der Waals surface area (Å²) in [6, 6.07) is 10.5. The molecule has 0 unspecified atom stereocenters. The number of hydrogen-bond donors (Lipinski definition) is 0. The monoisotopic (exact) mass is 324 g/mol. The fourth-order valence-corrected chi connectivity index (χ4v) is 4.25. The van der Waals surface area contributed by atoms with Gasteiger partial charge in [-0.2, -0.15) is 0 Å². The van der Waals surface area contributed by atoms with E-state index in [-0.39, 0.29) is 5.92 Å². The maximum Gasteiger partial charge on any atom is 0.231 e. The van der Waals surface area contributed by atoms with E-state index in [0.29, 0.717) is 25.4 Å². The largest absolute Gasteiger partial charge is 0.454 e. The zero-order valence-corrected chi connectivity index (χ0v) is 13.9. The van der Waals surface area contributed by atoms with Crippen molar-refractivity contribution in [3.8, 4) is 23.0 Å². The standard InChI is InChI=1S/C20H20O4/c1-11-7-13-4-6-16-20(24-10-22-16)19(13)18(12(11)2)14-3-5-15-17(8-14)23-9-21-15/h3-6,8,11-12,18H,7,9-10H2,1-2H3/t11-,12-,18-/m0/s1. The van der Waals surface area contributed by atoms with Crippen LogP contribution in [0.4, 0.5) is 0 Å². The van der Waals surface area contributed by atoms with Gasteiger partial charge in [-0.1, -0.05) is 26.0 Å². The molecule has 2 aromatic rings. The average Bonchev–Trinajstić information content (AvgIpc) is 3.23. The van der Waals surface area contributed by atoms with E-state index in [9.17, 15) is 0 Å². The summed E-state index contributed by atoms with van der Waals surface area (Å²) in [5.41, 5.74) is 3.91. The predicted octanol–water partition coefficient (Wildman–Crippen LogP) is 4.10. The first kappa shape index (κ1) is 14.0.